The number of esters is 1. The van der Waals surface area contributed by atoms with Crippen molar-refractivity contribution in [3.05, 3.63) is 29.8 Å². The number of carbonyl (C=O) groups is 1. The lowest BCUT2D eigenvalue weighted by molar-refractivity contribution is -0.278. The summed E-state index contributed by atoms with van der Waals surface area (Å²) >= 11 is 0. The van der Waals surface area contributed by atoms with Crippen molar-refractivity contribution in [1.82, 2.24) is 0 Å². The van der Waals surface area contributed by atoms with Crippen LogP contribution in [0.15, 0.2) is 29.8 Å². The van der Waals surface area contributed by atoms with E-state index in [0.29, 0.717) is 12.0 Å². The Hall–Kier alpha value is -2.41. The molecule has 1 heterocycles. The summed E-state index contributed by atoms with van der Waals surface area (Å²) in [7, 11) is 1.35. The van der Waals surface area contributed by atoms with Crippen LogP contribution >= 0.6 is 0 Å². The first kappa shape index (κ1) is 27.8. The van der Waals surface area contributed by atoms with Crippen LogP contribution in [-0.4, -0.2) is 92.7 Å². The fraction of sp³-hybridized carbons (Fsp3) is 0.609. The molecule has 0 amide bonds. The molecule has 11 nitrogen and oxygen atoms in total. The third kappa shape index (κ3) is 7.55. The summed E-state index contributed by atoms with van der Waals surface area (Å²) in [6, 6.07) is 3.98. The first-order valence-corrected chi connectivity index (χ1v) is 10.8. The van der Waals surface area contributed by atoms with E-state index < -0.39 is 55.0 Å². The van der Waals surface area contributed by atoms with E-state index in [-0.39, 0.29) is 23.7 Å². The van der Waals surface area contributed by atoms with Crippen LogP contribution in [0, 0.1) is 0 Å². The van der Waals surface area contributed by atoms with Gasteiger partial charge in [0.25, 0.3) is 0 Å². The molecule has 0 aromatic heterocycles. The van der Waals surface area contributed by atoms with Crippen molar-refractivity contribution in [2.75, 3.05) is 13.7 Å². The number of phenols is 1. The van der Waals surface area contributed by atoms with Crippen LogP contribution in [0.3, 0.4) is 0 Å². The van der Waals surface area contributed by atoms with Crippen molar-refractivity contribution in [1.29, 1.82) is 0 Å². The molecule has 0 saturated carbocycles. The molecule has 1 aromatic carbocycles. The number of aliphatic hydroxyl groups excluding tert-OH is 4. The molecule has 6 N–H and O–H groups in total. The minimum Gasteiger partial charge on any atom is -0.508 e. The summed E-state index contributed by atoms with van der Waals surface area (Å²) in [6.45, 7) is 4.20. The maximum absolute atomic E-state index is 12.1. The summed E-state index contributed by atoms with van der Waals surface area (Å²) in [5.41, 5.74) is -0.654. The first-order chi connectivity index (χ1) is 15.8. The highest BCUT2D eigenvalue weighted by Gasteiger charge is 2.45. The van der Waals surface area contributed by atoms with Gasteiger partial charge in [0, 0.05) is 12.1 Å². The topological polar surface area (TPSA) is 175 Å². The molecular weight excluding hydrogens is 452 g/mol. The molecule has 0 aliphatic carbocycles. The molecule has 1 aromatic rings. The normalized spacial score (nSPS) is 26.6. The van der Waals surface area contributed by atoms with Crippen LogP contribution in [0.2, 0.25) is 0 Å². The molecule has 1 fully saturated rings. The van der Waals surface area contributed by atoms with Crippen LogP contribution in [0.25, 0.3) is 0 Å². The highest BCUT2D eigenvalue weighted by molar-refractivity contribution is 5.82. The van der Waals surface area contributed by atoms with E-state index in [4.69, 9.17) is 18.9 Å². The minimum atomic E-state index is -1.65. The lowest BCUT2D eigenvalue weighted by atomic mass is 9.96. The molecule has 192 valence electrons. The van der Waals surface area contributed by atoms with Gasteiger partial charge in [-0.15, -0.1) is 0 Å². The van der Waals surface area contributed by atoms with E-state index in [0.717, 1.165) is 0 Å². The van der Waals surface area contributed by atoms with Crippen molar-refractivity contribution in [2.24, 2.45) is 0 Å². The van der Waals surface area contributed by atoms with E-state index in [1.807, 2.05) is 0 Å². The van der Waals surface area contributed by atoms with E-state index >= 15 is 0 Å². The smallest absolute Gasteiger partial charge is 0.330 e. The Morgan fingerprint density at radius 3 is 2.47 bits per heavy atom. The molecule has 1 aliphatic rings. The van der Waals surface area contributed by atoms with Gasteiger partial charge in [-0.25, -0.2) is 4.79 Å². The van der Waals surface area contributed by atoms with Crippen molar-refractivity contribution in [3.63, 3.8) is 0 Å². The monoisotopic (exact) mass is 486 g/mol. The number of carbonyl (C=O) groups excluding carboxylic acids is 1. The third-order valence-electron chi connectivity index (χ3n) is 5.44. The number of benzene rings is 1. The van der Waals surface area contributed by atoms with Gasteiger partial charge in [0.05, 0.1) is 18.8 Å². The molecule has 2 rings (SSSR count). The van der Waals surface area contributed by atoms with Crippen molar-refractivity contribution < 1.29 is 54.4 Å². The second-order valence-corrected chi connectivity index (χ2v) is 8.80. The van der Waals surface area contributed by atoms with Gasteiger partial charge in [-0.1, -0.05) is 5.57 Å². The summed E-state index contributed by atoms with van der Waals surface area (Å²) in [5.74, 6) is -0.554. The quantitative estimate of drug-likeness (QED) is 0.194. The number of rotatable bonds is 10. The molecular formula is C23H34O11. The molecule has 0 spiro atoms. The zero-order chi connectivity index (χ0) is 25.6. The summed E-state index contributed by atoms with van der Waals surface area (Å²) in [5, 5.41) is 59.9. The largest absolute Gasteiger partial charge is 0.508 e. The molecule has 34 heavy (non-hydrogen) atoms. The van der Waals surface area contributed by atoms with Crippen molar-refractivity contribution in [2.45, 2.75) is 76.0 Å². The lowest BCUT2D eigenvalue weighted by Crippen LogP contribution is -2.60. The van der Waals surface area contributed by atoms with E-state index in [2.05, 4.69) is 0 Å². The predicted molar refractivity (Wildman–Crippen MR) is 118 cm³/mol. The molecule has 0 radical (unpaired) electrons. The molecule has 1 saturated heterocycles. The van der Waals surface area contributed by atoms with Crippen molar-refractivity contribution in [3.8, 4) is 17.2 Å². The zero-order valence-electron chi connectivity index (χ0n) is 19.6. The number of allylic oxidation sites excluding steroid dienone is 1. The molecule has 0 bridgehead atoms. The van der Waals surface area contributed by atoms with Gasteiger partial charge in [0.1, 0.15) is 36.8 Å². The average molecular weight is 487 g/mol. The zero-order valence-corrected chi connectivity index (χ0v) is 19.6. The third-order valence-corrected chi connectivity index (χ3v) is 5.44. The Morgan fingerprint density at radius 1 is 1.18 bits per heavy atom. The molecule has 1 aliphatic heterocycles. The second kappa shape index (κ2) is 11.8. The van der Waals surface area contributed by atoms with E-state index in [1.165, 1.54) is 45.2 Å². The van der Waals surface area contributed by atoms with E-state index in [1.54, 1.807) is 6.92 Å². The summed E-state index contributed by atoms with van der Waals surface area (Å²) in [4.78, 5) is 12.1. The Bertz CT molecular complexity index is 848. The van der Waals surface area contributed by atoms with Gasteiger partial charge in [-0.3, -0.25) is 0 Å². The van der Waals surface area contributed by atoms with Crippen LogP contribution in [0.5, 0.6) is 17.2 Å². The minimum absolute atomic E-state index is 0.0764. The number of aliphatic hydroxyl groups is 5. The highest BCUT2D eigenvalue weighted by Crippen LogP contribution is 2.33. The summed E-state index contributed by atoms with van der Waals surface area (Å²) < 4.78 is 21.3. The van der Waals surface area contributed by atoms with Crippen LogP contribution < -0.4 is 9.47 Å². The Labute approximate surface area is 197 Å². The molecule has 6 atom stereocenters. The van der Waals surface area contributed by atoms with Crippen LogP contribution in [0.1, 0.15) is 33.6 Å². The first-order valence-electron chi connectivity index (χ1n) is 10.8. The Morgan fingerprint density at radius 2 is 1.85 bits per heavy atom. The van der Waals surface area contributed by atoms with Crippen LogP contribution in [0.4, 0.5) is 0 Å². The number of aromatic hydroxyl groups is 1. The van der Waals surface area contributed by atoms with Gasteiger partial charge < -0.3 is 49.6 Å². The lowest BCUT2D eigenvalue weighted by Gasteiger charge is -2.40. The number of methoxy groups -OCH3 is 1. The fourth-order valence-corrected chi connectivity index (χ4v) is 3.23. The Kier molecular flexibility index (Phi) is 9.68. The fourth-order valence-electron chi connectivity index (χ4n) is 3.23. The summed E-state index contributed by atoms with van der Waals surface area (Å²) in [6.07, 6.45) is -6.62. The second-order valence-electron chi connectivity index (χ2n) is 8.80. The number of hydrogen-bond donors (Lipinski definition) is 6. The van der Waals surface area contributed by atoms with Gasteiger partial charge in [0.15, 0.2) is 11.5 Å². The standard InChI is InChI=1S/C23H34O11/c1-12(5-8-17(25)23(2,3)30)9-18(26)32-11-16-19(27)20(28)21(29)22(34-16)33-14-7-6-13(24)10-15(14)31-4/h6-7,9-10,16-17,19-22,24-25,27-30H,5,8,11H2,1-4H3/b12-9+/t16-,17-,19-,20+,21-,22-/m1/s1. The van der Waals surface area contributed by atoms with Gasteiger partial charge in [-0.2, -0.15) is 0 Å². The SMILES string of the molecule is COc1cc(O)ccc1O[C@@H]1O[C@H](COC(=O)/C=C(\C)CC[C@@H](O)C(C)(C)O)[C@@H](O)[C@H](O)[C@H]1O. The predicted octanol–water partition coefficient (Wildman–Crippen LogP) is -0.0113. The maximum Gasteiger partial charge on any atom is 0.330 e. The van der Waals surface area contributed by atoms with Crippen molar-refractivity contribution >= 4 is 5.97 Å². The van der Waals surface area contributed by atoms with Gasteiger partial charge in [-0.05, 0) is 45.7 Å². The van der Waals surface area contributed by atoms with Gasteiger partial charge >= 0.3 is 5.97 Å². The number of ether oxygens (including phenoxy) is 4. The average Bonchev–Trinajstić information content (AvgIpc) is 2.77. The Balaban J connectivity index is 1.97. The molecule has 11 heteroatoms. The number of phenolic OH excluding ortho intramolecular Hbond substituents is 1. The van der Waals surface area contributed by atoms with Gasteiger partial charge in [0.2, 0.25) is 6.29 Å². The number of hydrogen-bond acceptors (Lipinski definition) is 11. The van der Waals surface area contributed by atoms with Crippen LogP contribution in [-0.2, 0) is 14.3 Å². The highest BCUT2D eigenvalue weighted by atomic mass is 16.7. The maximum atomic E-state index is 12.1. The van der Waals surface area contributed by atoms with E-state index in [9.17, 15) is 35.4 Å². The molecule has 0 unspecified atom stereocenters.